The van der Waals surface area contributed by atoms with Crippen molar-refractivity contribution in [2.45, 2.75) is 69.6 Å². The zero-order valence-corrected chi connectivity index (χ0v) is 14.7. The first-order valence-corrected chi connectivity index (χ1v) is 10.0. The lowest BCUT2D eigenvalue weighted by molar-refractivity contribution is -0.125. The number of ether oxygens (including phenoxy) is 1. The van der Waals surface area contributed by atoms with Gasteiger partial charge in [0.25, 0.3) is 0 Å². The van der Waals surface area contributed by atoms with E-state index in [0.717, 1.165) is 37.8 Å². The van der Waals surface area contributed by atoms with Gasteiger partial charge in [0.15, 0.2) is 0 Å². The summed E-state index contributed by atoms with van der Waals surface area (Å²) in [6.45, 7) is 3.28. The van der Waals surface area contributed by atoms with Gasteiger partial charge in [-0.25, -0.2) is 0 Å². The molecule has 3 atom stereocenters. The van der Waals surface area contributed by atoms with Gasteiger partial charge >= 0.3 is 0 Å². The molecule has 0 bridgehead atoms. The number of hydrogen-bond acceptors (Lipinski definition) is 4. The monoisotopic (exact) mass is 336 g/mol. The van der Waals surface area contributed by atoms with Crippen molar-refractivity contribution in [2.75, 3.05) is 26.2 Å². The quantitative estimate of drug-likeness (QED) is 0.706. The van der Waals surface area contributed by atoms with Crippen molar-refractivity contribution in [2.24, 2.45) is 17.8 Å². The van der Waals surface area contributed by atoms with Crippen molar-refractivity contribution >= 4 is 5.91 Å². The van der Waals surface area contributed by atoms with Crippen LogP contribution in [0.4, 0.5) is 0 Å². The predicted molar refractivity (Wildman–Crippen MR) is 91.5 cm³/mol. The standard InChI is InChI=1S/C19H32N2O3/c22-18-16(21(10-13-5-6-13)11-14-7-8-14)12-24-17(18)9-20-19(23)15-3-1-2-4-15/h13-18,22H,1-12H2,(H,20,23)/t16-,17-,18+/m1/s1. The molecular formula is C19H32N2O3. The van der Waals surface area contributed by atoms with Gasteiger partial charge in [0.05, 0.1) is 18.8 Å². The first-order valence-electron chi connectivity index (χ1n) is 10.0. The van der Waals surface area contributed by atoms with Gasteiger partial charge in [0.1, 0.15) is 6.10 Å². The van der Waals surface area contributed by atoms with Crippen LogP contribution in [0.15, 0.2) is 0 Å². The van der Waals surface area contributed by atoms with Crippen molar-refractivity contribution in [1.29, 1.82) is 0 Å². The molecule has 4 aliphatic rings. The zero-order valence-electron chi connectivity index (χ0n) is 14.7. The van der Waals surface area contributed by atoms with Crippen LogP contribution in [0.3, 0.4) is 0 Å². The molecule has 0 aromatic heterocycles. The number of aliphatic hydroxyl groups excluding tert-OH is 1. The Morgan fingerprint density at radius 2 is 1.67 bits per heavy atom. The van der Waals surface area contributed by atoms with Crippen LogP contribution >= 0.6 is 0 Å². The van der Waals surface area contributed by atoms with Gasteiger partial charge in [-0.15, -0.1) is 0 Å². The highest BCUT2D eigenvalue weighted by molar-refractivity contribution is 5.78. The smallest absolute Gasteiger partial charge is 0.223 e. The summed E-state index contributed by atoms with van der Waals surface area (Å²) in [6.07, 6.45) is 8.99. The highest BCUT2D eigenvalue weighted by atomic mass is 16.5. The zero-order chi connectivity index (χ0) is 16.5. The van der Waals surface area contributed by atoms with Crippen LogP contribution in [-0.2, 0) is 9.53 Å². The van der Waals surface area contributed by atoms with E-state index in [-0.39, 0.29) is 24.0 Å². The van der Waals surface area contributed by atoms with Gasteiger partial charge < -0.3 is 15.2 Å². The van der Waals surface area contributed by atoms with E-state index in [4.69, 9.17) is 4.74 Å². The Labute approximate surface area is 145 Å². The minimum atomic E-state index is -0.480. The number of carbonyl (C=O) groups excluding carboxylic acids is 1. The van der Waals surface area contributed by atoms with Gasteiger partial charge in [0.2, 0.25) is 5.91 Å². The lowest BCUT2D eigenvalue weighted by atomic mass is 10.1. The minimum absolute atomic E-state index is 0.111. The van der Waals surface area contributed by atoms with Gasteiger partial charge in [-0.2, -0.15) is 0 Å². The molecule has 0 aromatic carbocycles. The Balaban J connectivity index is 1.27. The molecule has 4 rings (SSSR count). The average Bonchev–Trinajstić information content (AvgIpc) is 3.48. The van der Waals surface area contributed by atoms with Crippen LogP contribution in [-0.4, -0.2) is 60.4 Å². The van der Waals surface area contributed by atoms with Gasteiger partial charge in [-0.3, -0.25) is 9.69 Å². The fourth-order valence-corrected chi connectivity index (χ4v) is 4.31. The lowest BCUT2D eigenvalue weighted by Gasteiger charge is -2.31. The molecule has 1 amide bonds. The molecular weight excluding hydrogens is 304 g/mol. The van der Waals surface area contributed by atoms with E-state index in [9.17, 15) is 9.90 Å². The number of nitrogens with zero attached hydrogens (tertiary/aromatic N) is 1. The molecule has 5 heteroatoms. The van der Waals surface area contributed by atoms with Gasteiger partial charge in [-0.05, 0) is 50.4 Å². The van der Waals surface area contributed by atoms with Gasteiger partial charge in [0, 0.05) is 25.6 Å². The van der Waals surface area contributed by atoms with E-state index >= 15 is 0 Å². The Kier molecular flexibility index (Phi) is 5.11. The number of nitrogens with one attached hydrogen (secondary N) is 1. The van der Waals surface area contributed by atoms with Crippen molar-refractivity contribution in [3.8, 4) is 0 Å². The summed E-state index contributed by atoms with van der Waals surface area (Å²) in [6, 6.07) is 0.111. The van der Waals surface area contributed by atoms with Crippen LogP contribution in [0.25, 0.3) is 0 Å². The summed E-state index contributed by atoms with van der Waals surface area (Å²) >= 11 is 0. The molecule has 2 N–H and O–H groups in total. The molecule has 4 fully saturated rings. The number of hydrogen-bond donors (Lipinski definition) is 2. The fraction of sp³-hybridized carbons (Fsp3) is 0.947. The molecule has 0 unspecified atom stereocenters. The molecule has 1 heterocycles. The average molecular weight is 336 g/mol. The first-order chi connectivity index (χ1) is 11.7. The molecule has 3 aliphatic carbocycles. The molecule has 24 heavy (non-hydrogen) atoms. The summed E-state index contributed by atoms with van der Waals surface area (Å²) in [7, 11) is 0. The van der Waals surface area contributed by atoms with Crippen molar-refractivity contribution in [3.63, 3.8) is 0 Å². The second kappa shape index (κ2) is 7.30. The van der Waals surface area contributed by atoms with E-state index in [0.29, 0.717) is 13.2 Å². The molecule has 1 aliphatic heterocycles. The van der Waals surface area contributed by atoms with Crippen LogP contribution in [0.5, 0.6) is 0 Å². The van der Waals surface area contributed by atoms with Crippen molar-refractivity contribution in [1.82, 2.24) is 10.2 Å². The molecule has 0 aromatic rings. The van der Waals surface area contributed by atoms with Crippen molar-refractivity contribution < 1.29 is 14.6 Å². The Bertz CT molecular complexity index is 430. The normalized spacial score (nSPS) is 34.2. The highest BCUT2D eigenvalue weighted by Gasteiger charge is 2.42. The third kappa shape index (κ3) is 4.12. The van der Waals surface area contributed by atoms with Crippen LogP contribution in [0.2, 0.25) is 0 Å². The molecule has 0 radical (unpaired) electrons. The largest absolute Gasteiger partial charge is 0.389 e. The maximum absolute atomic E-state index is 12.2. The van der Waals surface area contributed by atoms with Crippen LogP contribution in [0, 0.1) is 17.8 Å². The van der Waals surface area contributed by atoms with E-state index in [1.807, 2.05) is 0 Å². The Hall–Kier alpha value is -0.650. The Morgan fingerprint density at radius 1 is 1.04 bits per heavy atom. The molecule has 5 nitrogen and oxygen atoms in total. The molecule has 3 saturated carbocycles. The van der Waals surface area contributed by atoms with E-state index in [1.165, 1.54) is 38.5 Å². The SMILES string of the molecule is O=C(NC[C@H]1OC[C@@H](N(CC2CC2)CC2CC2)[C@@H]1O)C1CCCC1. The van der Waals surface area contributed by atoms with E-state index in [1.54, 1.807) is 0 Å². The maximum atomic E-state index is 12.2. The topological polar surface area (TPSA) is 61.8 Å². The second-order valence-electron chi connectivity index (χ2n) is 8.50. The minimum Gasteiger partial charge on any atom is -0.389 e. The molecule has 1 saturated heterocycles. The Morgan fingerprint density at radius 3 is 2.25 bits per heavy atom. The van der Waals surface area contributed by atoms with Crippen LogP contribution < -0.4 is 5.32 Å². The summed E-state index contributed by atoms with van der Waals surface area (Å²) in [5.74, 6) is 1.99. The molecule has 0 spiro atoms. The number of amides is 1. The first kappa shape index (κ1) is 16.8. The second-order valence-corrected chi connectivity index (χ2v) is 8.50. The lowest BCUT2D eigenvalue weighted by Crippen LogP contribution is -2.48. The summed E-state index contributed by atoms with van der Waals surface area (Å²) in [5.41, 5.74) is 0. The third-order valence-electron chi connectivity index (χ3n) is 6.31. The van der Waals surface area contributed by atoms with Crippen LogP contribution in [0.1, 0.15) is 51.4 Å². The van der Waals surface area contributed by atoms with Gasteiger partial charge in [-0.1, -0.05) is 12.8 Å². The number of aliphatic hydroxyl groups is 1. The fourth-order valence-electron chi connectivity index (χ4n) is 4.31. The summed E-state index contributed by atoms with van der Waals surface area (Å²) in [4.78, 5) is 14.7. The third-order valence-corrected chi connectivity index (χ3v) is 6.31. The summed E-state index contributed by atoms with van der Waals surface area (Å²) < 4.78 is 5.87. The van der Waals surface area contributed by atoms with Crippen molar-refractivity contribution in [3.05, 3.63) is 0 Å². The summed E-state index contributed by atoms with van der Waals surface area (Å²) in [5, 5.41) is 13.8. The number of rotatable bonds is 8. The maximum Gasteiger partial charge on any atom is 0.223 e. The highest BCUT2D eigenvalue weighted by Crippen LogP contribution is 2.36. The molecule has 136 valence electrons. The van der Waals surface area contributed by atoms with E-state index in [2.05, 4.69) is 10.2 Å². The van der Waals surface area contributed by atoms with E-state index < -0.39 is 6.10 Å². The predicted octanol–water partition coefficient (Wildman–Crippen LogP) is 1.54. The number of carbonyl (C=O) groups is 1.